The number of anilines is 2. The Hall–Kier alpha value is -3.93. The summed E-state index contributed by atoms with van der Waals surface area (Å²) >= 11 is 11.9. The molecule has 3 rings (SSSR count). The van der Waals surface area contributed by atoms with Gasteiger partial charge in [-0.1, -0.05) is 23.2 Å². The fourth-order valence-corrected chi connectivity index (χ4v) is 3.57. The van der Waals surface area contributed by atoms with Gasteiger partial charge in [0.15, 0.2) is 0 Å². The van der Waals surface area contributed by atoms with E-state index < -0.39 is 29.5 Å². The van der Waals surface area contributed by atoms with Gasteiger partial charge >= 0.3 is 12.0 Å². The van der Waals surface area contributed by atoms with Crippen molar-refractivity contribution in [2.75, 3.05) is 37.0 Å². The van der Waals surface area contributed by atoms with Gasteiger partial charge in [0.05, 0.1) is 40.7 Å². The molecule has 0 aliphatic rings. The monoisotopic (exact) mass is 567 g/mol. The molecule has 0 saturated heterocycles. The summed E-state index contributed by atoms with van der Waals surface area (Å²) < 4.78 is 37.3. The number of amides is 3. The van der Waals surface area contributed by atoms with Crippen molar-refractivity contribution in [2.24, 2.45) is 0 Å². The van der Waals surface area contributed by atoms with Gasteiger partial charge in [0.25, 0.3) is 5.91 Å². The quantitative estimate of drug-likeness (QED) is 0.228. The van der Waals surface area contributed by atoms with Crippen LogP contribution in [0, 0.1) is 11.6 Å². The Balaban J connectivity index is 1.42. The van der Waals surface area contributed by atoms with Gasteiger partial charge < -0.3 is 30.5 Å². The molecule has 13 heteroatoms. The van der Waals surface area contributed by atoms with Crippen LogP contribution in [0.15, 0.2) is 54.6 Å². The Bertz CT molecular complexity index is 1340. The molecule has 0 unspecified atom stereocenters. The van der Waals surface area contributed by atoms with E-state index in [0.29, 0.717) is 11.1 Å². The number of rotatable bonds is 11. The van der Waals surface area contributed by atoms with E-state index in [4.69, 9.17) is 32.7 Å². The highest BCUT2D eigenvalue weighted by Crippen LogP contribution is 2.26. The Kier molecular flexibility index (Phi) is 10.2. The van der Waals surface area contributed by atoms with E-state index >= 15 is 0 Å². The van der Waals surface area contributed by atoms with Crippen LogP contribution in [0.25, 0.3) is 0 Å². The van der Waals surface area contributed by atoms with Crippen LogP contribution in [0.1, 0.15) is 20.7 Å². The number of benzene rings is 3. The standard InChI is InChI=1S/C25H21Cl2F2N3O6/c26-14-1-4-17(19(27)11-14)23(33)31-21-6-3-16(13-18(21)24(34)35)38-10-9-37-8-7-30-25(36)32-22-5-2-15(28)12-20(22)29/h1-6,11-13H,7-10H2,(H,31,33)(H,34,35)(H2,30,32,36). The van der Waals surface area contributed by atoms with Crippen LogP contribution in [0.2, 0.25) is 10.0 Å². The maximum absolute atomic E-state index is 13.5. The average molecular weight is 568 g/mol. The number of halogens is 4. The number of carboxylic acid groups (broad SMARTS) is 1. The number of carboxylic acids is 1. The summed E-state index contributed by atoms with van der Waals surface area (Å²) in [6.07, 6.45) is 0. The van der Waals surface area contributed by atoms with Gasteiger partial charge in [-0.2, -0.15) is 0 Å². The number of urea groups is 1. The third kappa shape index (κ3) is 8.30. The lowest BCUT2D eigenvalue weighted by molar-refractivity contribution is 0.0697. The molecule has 0 saturated carbocycles. The summed E-state index contributed by atoms with van der Waals surface area (Å²) in [6, 6.07) is 10.5. The van der Waals surface area contributed by atoms with Crippen LogP contribution in [0.3, 0.4) is 0 Å². The Morgan fingerprint density at radius 2 is 1.61 bits per heavy atom. The van der Waals surface area contributed by atoms with Gasteiger partial charge in [-0.05, 0) is 48.5 Å². The molecule has 38 heavy (non-hydrogen) atoms. The highest BCUT2D eigenvalue weighted by molar-refractivity contribution is 6.37. The minimum Gasteiger partial charge on any atom is -0.491 e. The normalized spacial score (nSPS) is 10.5. The fraction of sp³-hybridized carbons (Fsp3) is 0.160. The van der Waals surface area contributed by atoms with E-state index in [1.54, 1.807) is 0 Å². The molecule has 0 bridgehead atoms. The number of carbonyl (C=O) groups excluding carboxylic acids is 2. The summed E-state index contributed by atoms with van der Waals surface area (Å²) in [7, 11) is 0. The van der Waals surface area contributed by atoms with E-state index in [2.05, 4.69) is 16.0 Å². The lowest BCUT2D eigenvalue weighted by Crippen LogP contribution is -2.32. The SMILES string of the molecule is O=C(NCCOCCOc1ccc(NC(=O)c2ccc(Cl)cc2Cl)c(C(=O)O)c1)Nc1ccc(F)cc1F. The largest absolute Gasteiger partial charge is 0.491 e. The second kappa shape index (κ2) is 13.6. The number of hydrogen-bond acceptors (Lipinski definition) is 5. The topological polar surface area (TPSA) is 126 Å². The van der Waals surface area contributed by atoms with Gasteiger partial charge in [-0.3, -0.25) is 4.79 Å². The first-order valence-electron chi connectivity index (χ1n) is 11.0. The van der Waals surface area contributed by atoms with Crippen molar-refractivity contribution in [2.45, 2.75) is 0 Å². The molecule has 0 heterocycles. The van der Waals surface area contributed by atoms with Crippen molar-refractivity contribution >= 4 is 52.5 Å². The molecule has 3 amide bonds. The smallest absolute Gasteiger partial charge is 0.337 e. The summed E-state index contributed by atoms with van der Waals surface area (Å²) in [5.41, 5.74) is -0.200. The van der Waals surface area contributed by atoms with Gasteiger partial charge in [0, 0.05) is 17.6 Å². The Labute approximate surface area is 225 Å². The number of ether oxygens (including phenoxy) is 2. The molecule has 0 fully saturated rings. The Morgan fingerprint density at radius 3 is 2.32 bits per heavy atom. The number of hydrogen-bond donors (Lipinski definition) is 4. The molecule has 200 valence electrons. The molecule has 0 aromatic heterocycles. The van der Waals surface area contributed by atoms with Crippen LogP contribution in [-0.4, -0.2) is 49.4 Å². The molecule has 0 aliphatic heterocycles. The van der Waals surface area contributed by atoms with Crippen LogP contribution in [0.4, 0.5) is 25.0 Å². The van der Waals surface area contributed by atoms with Crippen molar-refractivity contribution in [3.8, 4) is 5.75 Å². The zero-order valence-electron chi connectivity index (χ0n) is 19.5. The summed E-state index contributed by atoms with van der Waals surface area (Å²) in [5.74, 6) is -3.32. The zero-order chi connectivity index (χ0) is 27.7. The predicted octanol–water partition coefficient (Wildman–Crippen LogP) is 5.44. The minimum absolute atomic E-state index is 0.0435. The number of carbonyl (C=O) groups is 3. The van der Waals surface area contributed by atoms with Crippen molar-refractivity contribution in [1.29, 1.82) is 0 Å². The van der Waals surface area contributed by atoms with Gasteiger partial charge in [-0.15, -0.1) is 0 Å². The predicted molar refractivity (Wildman–Crippen MR) is 138 cm³/mol. The van der Waals surface area contributed by atoms with Gasteiger partial charge in [0.2, 0.25) is 0 Å². The molecular weight excluding hydrogens is 547 g/mol. The average Bonchev–Trinajstić information content (AvgIpc) is 2.85. The van der Waals surface area contributed by atoms with Crippen LogP contribution >= 0.6 is 23.2 Å². The first-order valence-corrected chi connectivity index (χ1v) is 11.7. The summed E-state index contributed by atoms with van der Waals surface area (Å²) in [5, 5.41) is 17.2. The van der Waals surface area contributed by atoms with E-state index in [0.717, 1.165) is 12.1 Å². The molecule has 3 aromatic rings. The summed E-state index contributed by atoms with van der Waals surface area (Å²) in [6.45, 7) is 0.398. The third-order valence-electron chi connectivity index (χ3n) is 4.85. The summed E-state index contributed by atoms with van der Waals surface area (Å²) in [4.78, 5) is 36.0. The van der Waals surface area contributed by atoms with Crippen molar-refractivity contribution < 1.29 is 37.7 Å². The van der Waals surface area contributed by atoms with Crippen molar-refractivity contribution in [1.82, 2.24) is 5.32 Å². The van der Waals surface area contributed by atoms with Gasteiger partial charge in [0.1, 0.15) is 24.0 Å². The van der Waals surface area contributed by atoms with E-state index in [1.807, 2.05) is 0 Å². The molecule has 9 nitrogen and oxygen atoms in total. The lowest BCUT2D eigenvalue weighted by Gasteiger charge is -2.13. The van der Waals surface area contributed by atoms with Crippen molar-refractivity contribution in [3.63, 3.8) is 0 Å². The molecule has 4 N–H and O–H groups in total. The second-order valence-corrected chi connectivity index (χ2v) is 8.40. The molecular formula is C25H21Cl2F2N3O6. The molecule has 0 spiro atoms. The third-order valence-corrected chi connectivity index (χ3v) is 5.40. The van der Waals surface area contributed by atoms with Crippen molar-refractivity contribution in [3.05, 3.63) is 87.4 Å². The molecule has 0 aliphatic carbocycles. The van der Waals surface area contributed by atoms with Crippen LogP contribution in [0.5, 0.6) is 5.75 Å². The first-order chi connectivity index (χ1) is 18.1. The van der Waals surface area contributed by atoms with Crippen LogP contribution < -0.4 is 20.7 Å². The van der Waals surface area contributed by atoms with Gasteiger partial charge in [-0.25, -0.2) is 18.4 Å². The van der Waals surface area contributed by atoms with Crippen LogP contribution in [-0.2, 0) is 4.74 Å². The first kappa shape index (κ1) is 28.6. The second-order valence-electron chi connectivity index (χ2n) is 7.56. The molecule has 0 radical (unpaired) electrons. The van der Waals surface area contributed by atoms with E-state index in [9.17, 15) is 28.3 Å². The Morgan fingerprint density at radius 1 is 0.842 bits per heavy atom. The molecule has 3 aromatic carbocycles. The highest BCUT2D eigenvalue weighted by atomic mass is 35.5. The van der Waals surface area contributed by atoms with E-state index in [-0.39, 0.29) is 59.6 Å². The fourth-order valence-electron chi connectivity index (χ4n) is 3.08. The number of aromatic carboxylic acids is 1. The zero-order valence-corrected chi connectivity index (χ0v) is 21.0. The number of nitrogens with one attached hydrogen (secondary N) is 3. The maximum atomic E-state index is 13.5. The maximum Gasteiger partial charge on any atom is 0.337 e. The van der Waals surface area contributed by atoms with E-state index in [1.165, 1.54) is 36.4 Å². The molecule has 0 atom stereocenters. The highest BCUT2D eigenvalue weighted by Gasteiger charge is 2.17. The minimum atomic E-state index is -1.28. The lowest BCUT2D eigenvalue weighted by atomic mass is 10.1.